The minimum absolute atomic E-state index is 0.244. The summed E-state index contributed by atoms with van der Waals surface area (Å²) in [5.74, 6) is 0.244. The summed E-state index contributed by atoms with van der Waals surface area (Å²) in [5.41, 5.74) is 0. The minimum atomic E-state index is 0.244. The lowest BCUT2D eigenvalue weighted by Crippen LogP contribution is -2.40. The third kappa shape index (κ3) is 11.1. The Hall–Kier alpha value is -0.610. The van der Waals surface area contributed by atoms with Crippen LogP contribution in [0.2, 0.25) is 0 Å². The van der Waals surface area contributed by atoms with Crippen molar-refractivity contribution in [3.8, 4) is 0 Å². The van der Waals surface area contributed by atoms with Crippen molar-refractivity contribution < 1.29 is 4.79 Å². The molecule has 0 aromatic rings. The molecule has 0 saturated carbocycles. The summed E-state index contributed by atoms with van der Waals surface area (Å²) in [6.45, 7) is 5.58. The van der Waals surface area contributed by atoms with Gasteiger partial charge in [-0.25, -0.2) is 0 Å². The van der Waals surface area contributed by atoms with E-state index in [-0.39, 0.29) is 5.91 Å². The average molecular weight is 380 g/mol. The van der Waals surface area contributed by atoms with Crippen LogP contribution in [0.3, 0.4) is 0 Å². The maximum atomic E-state index is 11.8. The molecule has 0 radical (unpaired) electrons. The number of amides is 1. The number of hydrogen-bond acceptors (Lipinski definition) is 3. The van der Waals surface area contributed by atoms with Gasteiger partial charge in [-0.3, -0.25) is 4.79 Å². The van der Waals surface area contributed by atoms with Crippen LogP contribution in [0, 0.1) is 0 Å². The van der Waals surface area contributed by atoms with Crippen LogP contribution in [0.5, 0.6) is 0 Å². The van der Waals surface area contributed by atoms with Crippen molar-refractivity contribution in [2.45, 2.75) is 109 Å². The Balaban J connectivity index is 1.67. The van der Waals surface area contributed by atoms with E-state index in [0.717, 1.165) is 38.5 Å². The second kappa shape index (κ2) is 15.3. The summed E-state index contributed by atoms with van der Waals surface area (Å²) in [5, 5.41) is 6.61. The highest BCUT2D eigenvalue weighted by atomic mass is 16.1. The zero-order valence-corrected chi connectivity index (χ0v) is 17.8. The number of piperidine rings is 1. The Morgan fingerprint density at radius 1 is 0.630 bits per heavy atom. The molecule has 2 aliphatic rings. The quantitative estimate of drug-likeness (QED) is 0.645. The molecule has 1 amide bonds. The molecule has 2 saturated heterocycles. The van der Waals surface area contributed by atoms with E-state index in [1.807, 2.05) is 0 Å². The predicted octanol–water partition coefficient (Wildman–Crippen LogP) is 4.63. The van der Waals surface area contributed by atoms with Gasteiger partial charge in [0.1, 0.15) is 0 Å². The largest absolute Gasteiger partial charge is 0.356 e. The molecular formula is C23H45N3O. The van der Waals surface area contributed by atoms with E-state index in [0.29, 0.717) is 6.42 Å². The summed E-state index contributed by atoms with van der Waals surface area (Å²) >= 11 is 0. The third-order valence-corrected chi connectivity index (χ3v) is 6.34. The maximum Gasteiger partial charge on any atom is 0.219 e. The second-order valence-electron chi connectivity index (χ2n) is 8.71. The van der Waals surface area contributed by atoms with Crippen molar-refractivity contribution in [3.05, 3.63) is 0 Å². The van der Waals surface area contributed by atoms with E-state index in [9.17, 15) is 4.79 Å². The zero-order chi connectivity index (χ0) is 19.0. The smallest absolute Gasteiger partial charge is 0.219 e. The molecule has 0 unspecified atom stereocenters. The monoisotopic (exact) mass is 379 g/mol. The first-order valence-corrected chi connectivity index (χ1v) is 12.1. The fraction of sp³-hybridized carbons (Fsp3) is 0.957. The van der Waals surface area contributed by atoms with Gasteiger partial charge in [0, 0.05) is 19.0 Å². The average Bonchev–Trinajstić information content (AvgIpc) is 2.68. The standard InChI is InChI=1S/C23H45N3O/c27-23-16-8-6-4-2-1-3-5-7-14-22-15-9-11-20-26(22)21-12-10-17-24-18-13-19-25-23/h22,24H,1-21H2,(H,25,27)/t22-/m1/s1. The maximum absolute atomic E-state index is 11.8. The summed E-state index contributed by atoms with van der Waals surface area (Å²) in [6, 6.07) is 0.869. The number of carbonyl (C=O) groups excluding carboxylic acids is 1. The summed E-state index contributed by atoms with van der Waals surface area (Å²) < 4.78 is 0. The van der Waals surface area contributed by atoms with Crippen molar-refractivity contribution >= 4 is 5.91 Å². The molecule has 0 aromatic heterocycles. The minimum Gasteiger partial charge on any atom is -0.356 e. The highest BCUT2D eigenvalue weighted by molar-refractivity contribution is 5.75. The fourth-order valence-electron chi connectivity index (χ4n) is 4.63. The predicted molar refractivity (Wildman–Crippen MR) is 115 cm³/mol. The normalized spacial score (nSPS) is 27.6. The first kappa shape index (κ1) is 22.7. The lowest BCUT2D eigenvalue weighted by molar-refractivity contribution is -0.121. The lowest BCUT2D eigenvalue weighted by Gasteiger charge is -2.36. The first-order valence-electron chi connectivity index (χ1n) is 12.1. The molecule has 2 aliphatic heterocycles. The molecule has 158 valence electrons. The van der Waals surface area contributed by atoms with Gasteiger partial charge in [-0.15, -0.1) is 0 Å². The van der Waals surface area contributed by atoms with Gasteiger partial charge in [-0.2, -0.15) is 0 Å². The zero-order valence-electron chi connectivity index (χ0n) is 17.8. The van der Waals surface area contributed by atoms with Crippen molar-refractivity contribution in [1.29, 1.82) is 0 Å². The molecule has 0 aromatic carbocycles. The molecule has 2 heterocycles. The van der Waals surface area contributed by atoms with E-state index in [4.69, 9.17) is 0 Å². The van der Waals surface area contributed by atoms with E-state index >= 15 is 0 Å². The van der Waals surface area contributed by atoms with Gasteiger partial charge >= 0.3 is 0 Å². The van der Waals surface area contributed by atoms with E-state index in [1.54, 1.807) is 0 Å². The Labute approximate surface area is 168 Å². The number of nitrogens with one attached hydrogen (secondary N) is 2. The van der Waals surface area contributed by atoms with Crippen LogP contribution in [-0.4, -0.2) is 49.6 Å². The van der Waals surface area contributed by atoms with Crippen molar-refractivity contribution in [3.63, 3.8) is 0 Å². The van der Waals surface area contributed by atoms with E-state index in [2.05, 4.69) is 15.5 Å². The highest BCUT2D eigenvalue weighted by Gasteiger charge is 2.21. The number of carbonyl (C=O) groups is 1. The summed E-state index contributed by atoms with van der Waals surface area (Å²) in [6.07, 6.45) is 20.6. The van der Waals surface area contributed by atoms with Gasteiger partial charge in [-0.1, -0.05) is 51.4 Å². The molecule has 27 heavy (non-hydrogen) atoms. The highest BCUT2D eigenvalue weighted by Crippen LogP contribution is 2.22. The van der Waals surface area contributed by atoms with Crippen LogP contribution in [0.1, 0.15) is 103 Å². The molecule has 4 nitrogen and oxygen atoms in total. The van der Waals surface area contributed by atoms with Gasteiger partial charge < -0.3 is 15.5 Å². The number of rotatable bonds is 0. The lowest BCUT2D eigenvalue weighted by atomic mass is 9.96. The van der Waals surface area contributed by atoms with Crippen molar-refractivity contribution in [2.24, 2.45) is 0 Å². The number of fused-ring (bicyclic) bond motifs is 1. The summed E-state index contributed by atoms with van der Waals surface area (Å²) in [7, 11) is 0. The molecule has 0 bridgehead atoms. The molecule has 2 N–H and O–H groups in total. The molecule has 0 spiro atoms. The van der Waals surface area contributed by atoms with Gasteiger partial charge in [0.2, 0.25) is 5.91 Å². The van der Waals surface area contributed by atoms with Crippen LogP contribution < -0.4 is 10.6 Å². The van der Waals surface area contributed by atoms with Crippen LogP contribution >= 0.6 is 0 Å². The van der Waals surface area contributed by atoms with Crippen LogP contribution in [0.25, 0.3) is 0 Å². The van der Waals surface area contributed by atoms with E-state index in [1.165, 1.54) is 96.6 Å². The Morgan fingerprint density at radius 3 is 2.00 bits per heavy atom. The van der Waals surface area contributed by atoms with Gasteiger partial charge in [-0.05, 0) is 71.1 Å². The summed E-state index contributed by atoms with van der Waals surface area (Å²) in [4.78, 5) is 14.6. The Morgan fingerprint density at radius 2 is 1.22 bits per heavy atom. The molecule has 4 heteroatoms. The SMILES string of the molecule is O=C1CCCCCCCCCC[C@@H]2CCCCN2CCCCNCCCN1. The molecule has 2 fully saturated rings. The topological polar surface area (TPSA) is 44.4 Å². The van der Waals surface area contributed by atoms with Gasteiger partial charge in [0.25, 0.3) is 0 Å². The first-order chi connectivity index (χ1) is 13.4. The van der Waals surface area contributed by atoms with Gasteiger partial charge in [0.05, 0.1) is 0 Å². The third-order valence-electron chi connectivity index (χ3n) is 6.34. The Bertz CT molecular complexity index is 375. The molecule has 2 rings (SSSR count). The molecule has 0 aliphatic carbocycles. The van der Waals surface area contributed by atoms with E-state index < -0.39 is 0 Å². The fourth-order valence-corrected chi connectivity index (χ4v) is 4.63. The van der Waals surface area contributed by atoms with Crippen molar-refractivity contribution in [2.75, 3.05) is 32.7 Å². The second-order valence-corrected chi connectivity index (χ2v) is 8.71. The van der Waals surface area contributed by atoms with Crippen LogP contribution in [0.15, 0.2) is 0 Å². The number of hydrogen-bond donors (Lipinski definition) is 2. The van der Waals surface area contributed by atoms with Gasteiger partial charge in [0.15, 0.2) is 0 Å². The number of nitrogens with zero attached hydrogens (tertiary/aromatic N) is 1. The van der Waals surface area contributed by atoms with Crippen LogP contribution in [-0.2, 0) is 4.79 Å². The molecule has 1 atom stereocenters. The Kier molecular flexibility index (Phi) is 12.9. The van der Waals surface area contributed by atoms with Crippen molar-refractivity contribution in [1.82, 2.24) is 15.5 Å². The van der Waals surface area contributed by atoms with Crippen LogP contribution in [0.4, 0.5) is 0 Å². The molecular weight excluding hydrogens is 334 g/mol.